The van der Waals surface area contributed by atoms with Gasteiger partial charge in [-0.1, -0.05) is 71.2 Å². The van der Waals surface area contributed by atoms with E-state index < -0.39 is 0 Å². The van der Waals surface area contributed by atoms with Gasteiger partial charge in [-0.05, 0) is 73.2 Å². The second-order valence-corrected chi connectivity index (χ2v) is 7.58. The average Bonchev–Trinajstić information content (AvgIpc) is 2.81. The Balaban J connectivity index is 1.36. The summed E-state index contributed by atoms with van der Waals surface area (Å²) in [5.74, 6) is 14.0. The maximum Gasteiger partial charge on any atom is 0.149 e. The van der Waals surface area contributed by atoms with Gasteiger partial charge in [0.05, 0.1) is 0 Å². The van der Waals surface area contributed by atoms with Crippen LogP contribution in [-0.4, -0.2) is 13.2 Å². The SMILES string of the molecule is Cc1ccc(C#CCOc2ccc3ccc(OCC#Cc4ccc(C)cc4)cc3c2)cc1. The normalized spacial score (nSPS) is 9.94. The van der Waals surface area contributed by atoms with Crippen molar-refractivity contribution in [2.75, 3.05) is 13.2 Å². The monoisotopic (exact) mass is 416 g/mol. The van der Waals surface area contributed by atoms with Crippen LogP contribution >= 0.6 is 0 Å². The summed E-state index contributed by atoms with van der Waals surface area (Å²) in [5.41, 5.74) is 4.43. The molecule has 32 heavy (non-hydrogen) atoms. The molecule has 0 saturated carbocycles. The molecule has 2 nitrogen and oxygen atoms in total. The molecular weight excluding hydrogens is 392 g/mol. The molecule has 156 valence electrons. The molecule has 0 aliphatic carbocycles. The van der Waals surface area contributed by atoms with Crippen molar-refractivity contribution in [3.05, 3.63) is 107 Å². The van der Waals surface area contributed by atoms with Crippen molar-refractivity contribution < 1.29 is 9.47 Å². The second-order valence-electron chi connectivity index (χ2n) is 7.58. The van der Waals surface area contributed by atoms with Gasteiger partial charge in [0.25, 0.3) is 0 Å². The molecule has 0 aromatic heterocycles. The van der Waals surface area contributed by atoms with Crippen molar-refractivity contribution in [2.45, 2.75) is 13.8 Å². The summed E-state index contributed by atoms with van der Waals surface area (Å²) >= 11 is 0. The first-order chi connectivity index (χ1) is 15.7. The van der Waals surface area contributed by atoms with Gasteiger partial charge in [0, 0.05) is 11.1 Å². The third kappa shape index (κ3) is 5.94. The maximum atomic E-state index is 5.82. The van der Waals surface area contributed by atoms with Crippen LogP contribution in [0.5, 0.6) is 11.5 Å². The van der Waals surface area contributed by atoms with Crippen LogP contribution in [0.3, 0.4) is 0 Å². The minimum Gasteiger partial charge on any atom is -0.481 e. The summed E-state index contributed by atoms with van der Waals surface area (Å²) in [4.78, 5) is 0. The number of benzene rings is 4. The van der Waals surface area contributed by atoms with E-state index in [4.69, 9.17) is 9.47 Å². The molecule has 0 bridgehead atoms. The molecule has 4 aromatic carbocycles. The van der Waals surface area contributed by atoms with E-state index in [-0.39, 0.29) is 0 Å². The van der Waals surface area contributed by atoms with Crippen molar-refractivity contribution in [2.24, 2.45) is 0 Å². The van der Waals surface area contributed by atoms with E-state index in [1.165, 1.54) is 11.1 Å². The Bertz CT molecular complexity index is 1220. The molecule has 0 spiro atoms. The number of rotatable bonds is 4. The first-order valence-corrected chi connectivity index (χ1v) is 10.6. The topological polar surface area (TPSA) is 18.5 Å². The molecule has 0 N–H and O–H groups in total. The fourth-order valence-corrected chi connectivity index (χ4v) is 3.17. The van der Waals surface area contributed by atoms with Gasteiger partial charge in [0.2, 0.25) is 0 Å². The van der Waals surface area contributed by atoms with E-state index in [9.17, 15) is 0 Å². The van der Waals surface area contributed by atoms with Crippen LogP contribution in [0.25, 0.3) is 10.8 Å². The molecule has 0 aliphatic heterocycles. The van der Waals surface area contributed by atoms with Gasteiger partial charge in [-0.2, -0.15) is 0 Å². The van der Waals surface area contributed by atoms with Gasteiger partial charge in [-0.15, -0.1) is 0 Å². The fourth-order valence-electron chi connectivity index (χ4n) is 3.17. The van der Waals surface area contributed by atoms with Crippen molar-refractivity contribution >= 4 is 10.8 Å². The van der Waals surface area contributed by atoms with Gasteiger partial charge >= 0.3 is 0 Å². The Morgan fingerprint density at radius 3 is 1.41 bits per heavy atom. The number of hydrogen-bond acceptors (Lipinski definition) is 2. The lowest BCUT2D eigenvalue weighted by atomic mass is 10.1. The Morgan fingerprint density at radius 2 is 0.969 bits per heavy atom. The Hall–Kier alpha value is -4.14. The van der Waals surface area contributed by atoms with Crippen LogP contribution in [0.1, 0.15) is 22.3 Å². The van der Waals surface area contributed by atoms with Gasteiger partial charge in [0.15, 0.2) is 0 Å². The molecule has 0 aliphatic rings. The van der Waals surface area contributed by atoms with E-state index in [1.54, 1.807) is 0 Å². The molecule has 0 saturated heterocycles. The lowest BCUT2D eigenvalue weighted by Gasteiger charge is -2.07. The third-order valence-electron chi connectivity index (χ3n) is 4.97. The van der Waals surface area contributed by atoms with Gasteiger partial charge in [0.1, 0.15) is 24.7 Å². The third-order valence-corrected chi connectivity index (χ3v) is 4.97. The van der Waals surface area contributed by atoms with Gasteiger partial charge in [-0.25, -0.2) is 0 Å². The summed E-state index contributed by atoms with van der Waals surface area (Å²) in [7, 11) is 0. The minimum atomic E-state index is 0.337. The molecule has 0 heterocycles. The number of ether oxygens (including phenoxy) is 2. The van der Waals surface area contributed by atoms with Crippen LogP contribution < -0.4 is 9.47 Å². The number of fused-ring (bicyclic) bond motifs is 1. The van der Waals surface area contributed by atoms with Crippen molar-refractivity contribution in [1.82, 2.24) is 0 Å². The zero-order valence-electron chi connectivity index (χ0n) is 18.3. The first-order valence-electron chi connectivity index (χ1n) is 10.6. The summed E-state index contributed by atoms with van der Waals surface area (Å²) in [5, 5.41) is 2.18. The number of aryl methyl sites for hydroxylation is 2. The van der Waals surface area contributed by atoms with Crippen molar-refractivity contribution in [1.29, 1.82) is 0 Å². The standard InChI is InChI=1S/C30H24O2/c1-23-7-11-25(12-8-23)5-3-19-31-29-17-15-27-16-18-30(22-28(27)21-29)32-20-4-6-26-13-9-24(2)10-14-26/h7-18,21-22H,19-20H2,1-2H3. The zero-order valence-corrected chi connectivity index (χ0v) is 18.3. The van der Waals surface area contributed by atoms with Crippen LogP contribution in [0, 0.1) is 37.5 Å². The van der Waals surface area contributed by atoms with Crippen LogP contribution in [0.4, 0.5) is 0 Å². The number of hydrogen-bond donors (Lipinski definition) is 0. The van der Waals surface area contributed by atoms with E-state index >= 15 is 0 Å². The lowest BCUT2D eigenvalue weighted by Crippen LogP contribution is -1.95. The van der Waals surface area contributed by atoms with Gasteiger partial charge in [-0.3, -0.25) is 0 Å². The van der Waals surface area contributed by atoms with Crippen LogP contribution in [-0.2, 0) is 0 Å². The lowest BCUT2D eigenvalue weighted by molar-refractivity contribution is 0.369. The minimum absolute atomic E-state index is 0.337. The highest BCUT2D eigenvalue weighted by Gasteiger charge is 2.00. The molecule has 0 radical (unpaired) electrons. The maximum absolute atomic E-state index is 5.82. The van der Waals surface area contributed by atoms with E-state index in [0.29, 0.717) is 13.2 Å². The molecule has 0 unspecified atom stereocenters. The molecule has 0 amide bonds. The summed E-state index contributed by atoms with van der Waals surface area (Å²) < 4.78 is 11.6. The smallest absolute Gasteiger partial charge is 0.149 e. The van der Waals surface area contributed by atoms with Crippen molar-refractivity contribution in [3.63, 3.8) is 0 Å². The summed E-state index contributed by atoms with van der Waals surface area (Å²) in [6, 6.07) is 28.3. The largest absolute Gasteiger partial charge is 0.481 e. The highest BCUT2D eigenvalue weighted by Crippen LogP contribution is 2.25. The Labute approximate surface area is 189 Å². The fraction of sp³-hybridized carbons (Fsp3) is 0.133. The van der Waals surface area contributed by atoms with E-state index in [1.807, 2.05) is 60.7 Å². The Morgan fingerprint density at radius 1 is 0.531 bits per heavy atom. The average molecular weight is 417 g/mol. The zero-order chi connectivity index (χ0) is 22.2. The predicted molar refractivity (Wildman–Crippen MR) is 131 cm³/mol. The quantitative estimate of drug-likeness (QED) is 0.363. The van der Waals surface area contributed by atoms with Gasteiger partial charge < -0.3 is 9.47 Å². The Kier molecular flexibility index (Phi) is 6.76. The van der Waals surface area contributed by atoms with E-state index in [0.717, 1.165) is 33.4 Å². The molecule has 0 atom stereocenters. The first kappa shape index (κ1) is 21.1. The molecular formula is C30H24O2. The predicted octanol–water partition coefficient (Wildman–Crippen LogP) is 6.32. The van der Waals surface area contributed by atoms with E-state index in [2.05, 4.69) is 61.8 Å². The molecule has 4 aromatic rings. The van der Waals surface area contributed by atoms with Crippen molar-refractivity contribution in [3.8, 4) is 35.2 Å². The highest BCUT2D eigenvalue weighted by molar-refractivity contribution is 5.85. The highest BCUT2D eigenvalue weighted by atomic mass is 16.5. The summed E-state index contributed by atoms with van der Waals surface area (Å²) in [6.07, 6.45) is 0. The molecule has 2 heteroatoms. The second kappa shape index (κ2) is 10.3. The molecule has 4 rings (SSSR count). The van der Waals surface area contributed by atoms with Crippen LogP contribution in [0.15, 0.2) is 84.9 Å². The van der Waals surface area contributed by atoms with Crippen LogP contribution in [0.2, 0.25) is 0 Å². The summed E-state index contributed by atoms with van der Waals surface area (Å²) in [6.45, 7) is 4.80. The molecule has 0 fully saturated rings.